The second-order valence-electron chi connectivity index (χ2n) is 10.7. The van der Waals surface area contributed by atoms with Gasteiger partial charge in [-0.15, -0.1) is 0 Å². The summed E-state index contributed by atoms with van der Waals surface area (Å²) in [6.07, 6.45) is 0. The second kappa shape index (κ2) is 20.8. The number of anilines is 8. The zero-order chi connectivity index (χ0) is 45.6. The molecule has 0 amide bonds. The SMILES string of the molecule is N=c1nc2n3c(nc(N)nc3n1)NC(N)=N2.Nc1nc(N)nc(N)n1.Nc1nc(N)nc(N)n1.O=c1[nH]c(=O)[nH]c(=O)[nH]1.O=c1n(CCO)c(=O)n(CCO)c(=O)n1CCO. The normalized spacial score (nSPS) is 10.8. The van der Waals surface area contributed by atoms with Gasteiger partial charge in [-0.3, -0.25) is 25.7 Å². The number of guanidine groups is 1. The van der Waals surface area contributed by atoms with Gasteiger partial charge in [-0.2, -0.15) is 54.8 Å². The van der Waals surface area contributed by atoms with E-state index in [1.165, 1.54) is 4.40 Å². The minimum Gasteiger partial charge on any atom is -0.395 e. The van der Waals surface area contributed by atoms with E-state index in [1.54, 1.807) is 15.0 Å². The lowest BCUT2D eigenvalue weighted by atomic mass is 10.6. The summed E-state index contributed by atoms with van der Waals surface area (Å²) >= 11 is 0. The molecule has 0 radical (unpaired) electrons. The number of nitrogens with zero attached hydrogens (tertiary/aromatic N) is 15. The predicted molar refractivity (Wildman–Crippen MR) is 209 cm³/mol. The summed E-state index contributed by atoms with van der Waals surface area (Å²) in [6, 6.07) is 0. The molecule has 6 aromatic heterocycles. The molecule has 0 unspecified atom stereocenters. The number of aliphatic hydroxyl groups excluding tert-OH is 3. The van der Waals surface area contributed by atoms with Crippen molar-refractivity contribution >= 4 is 65.3 Å². The highest BCUT2D eigenvalue weighted by Gasteiger charge is 2.17. The quantitative estimate of drug-likeness (QED) is 0.0739. The Morgan fingerprint density at radius 1 is 0.475 bits per heavy atom. The van der Waals surface area contributed by atoms with E-state index >= 15 is 0 Å². The number of aliphatic imine (C=N–C) groups is 1. The first-order chi connectivity index (χ1) is 28.8. The molecule has 7 heterocycles. The molecule has 1 aliphatic heterocycles. The zero-order valence-corrected chi connectivity index (χ0v) is 30.9. The molecule has 0 atom stereocenters. The van der Waals surface area contributed by atoms with Crippen molar-refractivity contribution in [3.05, 3.63) is 68.5 Å². The molecule has 37 heteroatoms. The first kappa shape index (κ1) is 46.1. The molecule has 0 saturated heterocycles. The fourth-order valence-electron chi connectivity index (χ4n) is 4.18. The van der Waals surface area contributed by atoms with Gasteiger partial charge in [0, 0.05) is 0 Å². The molecule has 0 aliphatic carbocycles. The van der Waals surface area contributed by atoms with Gasteiger partial charge < -0.3 is 61.2 Å². The number of nitrogen functional groups attached to an aromatic ring is 7. The summed E-state index contributed by atoms with van der Waals surface area (Å²) < 4.78 is 3.48. The molecular weight excluding hydrogens is 824 g/mol. The van der Waals surface area contributed by atoms with Crippen LogP contribution in [0.5, 0.6) is 0 Å². The molecule has 0 spiro atoms. The molecule has 0 aromatic carbocycles. The maximum absolute atomic E-state index is 11.8. The fraction of sp³-hybridized carbons (Fsp3) is 0.250. The number of aliphatic hydroxyl groups is 3. The predicted octanol–water partition coefficient (Wildman–Crippen LogP) is -10.9. The summed E-state index contributed by atoms with van der Waals surface area (Å²) in [5.41, 5.74) is 36.6. The standard InChI is InChI=1S/C9H15N3O6.C6H6N10.2C3H6N6.C3H3N3O3/c13-4-1-10-7(16)11(2-5-14)9(18)12(3-6-15)8(10)17;7-1-10-4-12-2(8)14-6-15-3(9)13-5(11-1)16(4)6;2*4-1-7-2(5)9-3(6)8-1;7-1-4-2(8)6-3(9)5-1/h13-15H,1-6H2;(H6,7,8,9,10,11,12,13,14,15);2*(H6,4,5,6,7,8,9);(H3,4,5,6,7,8,9). The Kier molecular flexibility index (Phi) is 15.7. The number of rotatable bonds is 6. The Morgan fingerprint density at radius 2 is 0.803 bits per heavy atom. The highest BCUT2D eigenvalue weighted by Crippen LogP contribution is 2.17. The highest BCUT2D eigenvalue weighted by molar-refractivity contribution is 5.94. The van der Waals surface area contributed by atoms with Crippen LogP contribution in [0.15, 0.2) is 33.8 Å². The number of nitrogens with two attached hydrogens (primary N) is 8. The van der Waals surface area contributed by atoms with Crippen molar-refractivity contribution in [2.24, 2.45) is 10.7 Å². The average molecular weight is 861 g/mol. The van der Waals surface area contributed by atoms with Gasteiger partial charge >= 0.3 is 34.1 Å². The maximum atomic E-state index is 11.8. The lowest BCUT2D eigenvalue weighted by Crippen LogP contribution is -2.55. The van der Waals surface area contributed by atoms with E-state index in [2.05, 4.69) is 60.1 Å². The Morgan fingerprint density at radius 3 is 1.13 bits per heavy atom. The van der Waals surface area contributed by atoms with E-state index in [0.29, 0.717) is 19.6 Å². The van der Waals surface area contributed by atoms with Crippen LogP contribution in [0.4, 0.5) is 53.5 Å². The van der Waals surface area contributed by atoms with Crippen molar-refractivity contribution in [3.8, 4) is 0 Å². The maximum Gasteiger partial charge on any atom is 0.336 e. The van der Waals surface area contributed by atoms with Crippen molar-refractivity contribution in [2.45, 2.75) is 19.6 Å². The van der Waals surface area contributed by atoms with Crippen LogP contribution in [0.25, 0.3) is 5.78 Å². The molecule has 6 aromatic rings. The number of aromatic nitrogens is 17. The molecule has 326 valence electrons. The number of hydrogen-bond acceptors (Lipinski definition) is 30. The smallest absolute Gasteiger partial charge is 0.336 e. The molecule has 0 saturated carbocycles. The minimum atomic E-state index is -0.887. The number of aromatic amines is 3. The molecule has 0 fully saturated rings. The third kappa shape index (κ3) is 13.2. The van der Waals surface area contributed by atoms with Crippen molar-refractivity contribution < 1.29 is 15.3 Å². The van der Waals surface area contributed by atoms with Gasteiger partial charge in [-0.25, -0.2) is 46.9 Å². The van der Waals surface area contributed by atoms with Crippen LogP contribution in [0, 0.1) is 5.41 Å². The molecule has 61 heavy (non-hydrogen) atoms. The molecule has 7 rings (SSSR count). The fourth-order valence-corrected chi connectivity index (χ4v) is 4.18. The van der Waals surface area contributed by atoms with Crippen molar-refractivity contribution in [1.82, 2.24) is 82.9 Å². The summed E-state index contributed by atoms with van der Waals surface area (Å²) in [5.74, 6) is 1.12. The monoisotopic (exact) mass is 860 g/mol. The first-order valence-electron chi connectivity index (χ1n) is 16.1. The van der Waals surface area contributed by atoms with Gasteiger partial charge in [0.25, 0.3) is 0 Å². The number of H-pyrrole nitrogens is 3. The molecule has 24 N–H and O–H groups in total. The van der Waals surface area contributed by atoms with Crippen LogP contribution >= 0.6 is 0 Å². The minimum absolute atomic E-state index is 0.0289. The van der Waals surface area contributed by atoms with E-state index in [0.717, 1.165) is 0 Å². The van der Waals surface area contributed by atoms with Gasteiger partial charge in [0.15, 0.2) is 0 Å². The molecule has 37 nitrogen and oxygen atoms in total. The third-order valence-electron chi connectivity index (χ3n) is 6.33. The lowest BCUT2D eigenvalue weighted by molar-refractivity contribution is 0.239. The van der Waals surface area contributed by atoms with E-state index in [-0.39, 0.29) is 84.6 Å². The Hall–Kier alpha value is -9.26. The highest BCUT2D eigenvalue weighted by atomic mass is 16.3. The first-order valence-corrected chi connectivity index (χ1v) is 16.1. The summed E-state index contributed by atoms with van der Waals surface area (Å²) in [7, 11) is 0. The Labute approximate surface area is 333 Å². The Bertz CT molecular complexity index is 2610. The van der Waals surface area contributed by atoms with Crippen molar-refractivity contribution in [1.29, 1.82) is 5.41 Å². The van der Waals surface area contributed by atoms with Crippen LogP contribution in [0.1, 0.15) is 0 Å². The molecular formula is C24H36N28O9. The largest absolute Gasteiger partial charge is 0.395 e. The van der Waals surface area contributed by atoms with Crippen LogP contribution in [0.3, 0.4) is 0 Å². The second-order valence-corrected chi connectivity index (χ2v) is 10.7. The van der Waals surface area contributed by atoms with E-state index < -0.39 is 54.0 Å². The van der Waals surface area contributed by atoms with Gasteiger partial charge in [0.05, 0.1) is 39.5 Å². The van der Waals surface area contributed by atoms with Gasteiger partial charge in [-0.1, -0.05) is 0 Å². The number of nitrogens with one attached hydrogen (secondary N) is 5. The van der Waals surface area contributed by atoms with Crippen molar-refractivity contribution in [2.75, 3.05) is 65.3 Å². The van der Waals surface area contributed by atoms with E-state index in [9.17, 15) is 28.8 Å². The Balaban J connectivity index is 0.000000211. The lowest BCUT2D eigenvalue weighted by Gasteiger charge is -2.14. The number of hydrogen-bond donors (Lipinski definition) is 16. The van der Waals surface area contributed by atoms with Gasteiger partial charge in [0.2, 0.25) is 70.9 Å². The van der Waals surface area contributed by atoms with E-state index in [4.69, 9.17) is 66.6 Å². The average Bonchev–Trinajstić information content (AvgIpc) is 3.12. The topological polar surface area (TPSA) is 615 Å². The summed E-state index contributed by atoms with van der Waals surface area (Å²) in [5, 5.41) is 36.4. The van der Waals surface area contributed by atoms with Gasteiger partial charge in [0.1, 0.15) is 0 Å². The van der Waals surface area contributed by atoms with Crippen LogP contribution < -0.4 is 90.9 Å². The van der Waals surface area contributed by atoms with E-state index in [1.807, 2.05) is 0 Å². The van der Waals surface area contributed by atoms with Crippen LogP contribution in [-0.4, -0.2) is 124 Å². The summed E-state index contributed by atoms with van der Waals surface area (Å²) in [6.45, 7) is -2.08. The van der Waals surface area contributed by atoms with Crippen LogP contribution in [0.2, 0.25) is 0 Å². The molecule has 0 bridgehead atoms. The summed E-state index contributed by atoms with van der Waals surface area (Å²) in [4.78, 5) is 111. The third-order valence-corrected chi connectivity index (χ3v) is 6.33. The van der Waals surface area contributed by atoms with Gasteiger partial charge in [-0.05, 0) is 0 Å². The van der Waals surface area contributed by atoms with Crippen LogP contribution in [-0.2, 0) is 19.6 Å². The zero-order valence-electron chi connectivity index (χ0n) is 30.9. The van der Waals surface area contributed by atoms with Crippen molar-refractivity contribution in [3.63, 3.8) is 0 Å². The molecule has 1 aliphatic rings.